The second-order valence-electron chi connectivity index (χ2n) is 4.23. The fourth-order valence-electron chi connectivity index (χ4n) is 2.04. The average Bonchev–Trinajstić information content (AvgIpc) is 2.40. The van der Waals surface area contributed by atoms with E-state index in [9.17, 15) is 14.0 Å². The number of carbonyl (C=O) groups excluding carboxylic acids is 2. The Morgan fingerprint density at radius 1 is 1.45 bits per heavy atom. The quantitative estimate of drug-likeness (QED) is 0.602. The zero-order chi connectivity index (χ0) is 14.9. The number of ether oxygens (including phenoxy) is 1. The highest BCUT2D eigenvalue weighted by molar-refractivity contribution is 14.1. The number of nitrogens with one attached hydrogen (secondary N) is 2. The van der Waals surface area contributed by atoms with E-state index in [2.05, 4.69) is 10.6 Å². The van der Waals surface area contributed by atoms with E-state index in [1.165, 1.54) is 13.2 Å². The molecule has 1 unspecified atom stereocenters. The number of halogens is 2. The summed E-state index contributed by atoms with van der Waals surface area (Å²) in [6.07, 6.45) is 0. The second-order valence-corrected chi connectivity index (χ2v) is 5.47. The van der Waals surface area contributed by atoms with Crippen molar-refractivity contribution < 1.29 is 18.7 Å². The third-order valence-corrected chi connectivity index (χ3v) is 3.61. The summed E-state index contributed by atoms with van der Waals surface area (Å²) in [5.74, 6) is -1.11. The van der Waals surface area contributed by atoms with Crippen molar-refractivity contribution in [2.45, 2.75) is 13.0 Å². The van der Waals surface area contributed by atoms with E-state index < -0.39 is 23.9 Å². The molecule has 1 atom stereocenters. The molecule has 2 N–H and O–H groups in total. The zero-order valence-corrected chi connectivity index (χ0v) is 12.9. The number of carbonyl (C=O) groups is 2. The molecular weight excluding hydrogens is 378 g/mol. The van der Waals surface area contributed by atoms with Crippen LogP contribution >= 0.6 is 22.6 Å². The van der Waals surface area contributed by atoms with Crippen LogP contribution < -0.4 is 10.6 Å². The highest BCUT2D eigenvalue weighted by Crippen LogP contribution is 2.30. The number of esters is 1. The molecule has 0 aliphatic carbocycles. The lowest BCUT2D eigenvalue weighted by Gasteiger charge is -2.28. The predicted molar refractivity (Wildman–Crippen MR) is 78.2 cm³/mol. The van der Waals surface area contributed by atoms with Crippen LogP contribution in [-0.2, 0) is 9.53 Å². The van der Waals surface area contributed by atoms with Crippen LogP contribution in [0.25, 0.3) is 0 Å². The molecule has 2 rings (SSSR count). The molecule has 1 aromatic carbocycles. The molecule has 0 radical (unpaired) electrons. The first-order chi connectivity index (χ1) is 9.43. The van der Waals surface area contributed by atoms with E-state index in [0.29, 0.717) is 5.70 Å². The van der Waals surface area contributed by atoms with E-state index in [-0.39, 0.29) is 11.1 Å². The van der Waals surface area contributed by atoms with Crippen molar-refractivity contribution in [3.05, 3.63) is 44.4 Å². The van der Waals surface area contributed by atoms with Gasteiger partial charge in [-0.05, 0) is 47.7 Å². The van der Waals surface area contributed by atoms with Crippen molar-refractivity contribution in [3.63, 3.8) is 0 Å². The molecule has 0 saturated heterocycles. The maximum atomic E-state index is 14.0. The summed E-state index contributed by atoms with van der Waals surface area (Å²) >= 11 is 2.04. The fraction of sp³-hybridized carbons (Fsp3) is 0.231. The molecule has 1 aromatic rings. The lowest BCUT2D eigenvalue weighted by Crippen LogP contribution is -2.45. The first-order valence-electron chi connectivity index (χ1n) is 5.75. The van der Waals surface area contributed by atoms with Gasteiger partial charge < -0.3 is 15.4 Å². The third-order valence-electron chi connectivity index (χ3n) is 2.94. The largest absolute Gasteiger partial charge is 0.466 e. The first-order valence-corrected chi connectivity index (χ1v) is 6.83. The van der Waals surface area contributed by atoms with Gasteiger partial charge in [-0.15, -0.1) is 0 Å². The van der Waals surface area contributed by atoms with Crippen molar-refractivity contribution in [2.75, 3.05) is 7.11 Å². The van der Waals surface area contributed by atoms with Gasteiger partial charge >= 0.3 is 12.0 Å². The van der Waals surface area contributed by atoms with Gasteiger partial charge in [0.15, 0.2) is 0 Å². The van der Waals surface area contributed by atoms with Gasteiger partial charge in [0.1, 0.15) is 5.82 Å². The van der Waals surface area contributed by atoms with Gasteiger partial charge in [-0.3, -0.25) is 0 Å². The van der Waals surface area contributed by atoms with Gasteiger partial charge in [0.05, 0.1) is 18.7 Å². The molecule has 2 amide bonds. The number of allylic oxidation sites excluding steroid dienone is 1. The molecule has 0 bridgehead atoms. The first kappa shape index (κ1) is 14.8. The van der Waals surface area contributed by atoms with E-state index in [4.69, 9.17) is 4.74 Å². The highest BCUT2D eigenvalue weighted by atomic mass is 127. The standard InChI is InChI=1S/C13H12FIN2O3/c1-6-10(12(18)20-2)11(17-13(19)16-6)8-5-7(15)3-4-9(8)14/h3-5,11H,1-2H3,(H2,16,17,19). The van der Waals surface area contributed by atoms with Crippen LogP contribution in [0.5, 0.6) is 0 Å². The van der Waals surface area contributed by atoms with Crippen LogP contribution in [0.2, 0.25) is 0 Å². The molecule has 7 heteroatoms. The van der Waals surface area contributed by atoms with Gasteiger partial charge in [0, 0.05) is 14.8 Å². The Morgan fingerprint density at radius 2 is 2.15 bits per heavy atom. The number of hydrogen-bond donors (Lipinski definition) is 2. The van der Waals surface area contributed by atoms with Crippen LogP contribution in [0.15, 0.2) is 29.5 Å². The van der Waals surface area contributed by atoms with Crippen LogP contribution in [0, 0.1) is 9.39 Å². The van der Waals surface area contributed by atoms with Crippen LogP contribution in [0.1, 0.15) is 18.5 Å². The molecule has 1 heterocycles. The third kappa shape index (κ3) is 2.77. The minimum Gasteiger partial charge on any atom is -0.466 e. The maximum Gasteiger partial charge on any atom is 0.337 e. The highest BCUT2D eigenvalue weighted by Gasteiger charge is 2.33. The van der Waals surface area contributed by atoms with Crippen LogP contribution in [-0.4, -0.2) is 19.1 Å². The molecule has 5 nitrogen and oxygen atoms in total. The Kier molecular flexibility index (Phi) is 4.26. The minimum absolute atomic E-state index is 0.188. The van der Waals surface area contributed by atoms with E-state index in [0.717, 1.165) is 3.57 Å². The summed E-state index contributed by atoms with van der Waals surface area (Å²) in [5, 5.41) is 5.03. The van der Waals surface area contributed by atoms with Crippen LogP contribution in [0.3, 0.4) is 0 Å². The van der Waals surface area contributed by atoms with Gasteiger partial charge in [-0.25, -0.2) is 14.0 Å². The van der Waals surface area contributed by atoms with E-state index >= 15 is 0 Å². The fourth-order valence-corrected chi connectivity index (χ4v) is 2.56. The smallest absolute Gasteiger partial charge is 0.337 e. The number of amides is 2. The molecule has 20 heavy (non-hydrogen) atoms. The van der Waals surface area contributed by atoms with Crippen LogP contribution in [0.4, 0.5) is 9.18 Å². The SMILES string of the molecule is COC(=O)C1=C(C)NC(=O)NC1c1cc(I)ccc1F. The molecule has 0 fully saturated rings. The summed E-state index contributed by atoms with van der Waals surface area (Å²) in [4.78, 5) is 23.4. The maximum absolute atomic E-state index is 14.0. The average molecular weight is 390 g/mol. The predicted octanol–water partition coefficient (Wildman–Crippen LogP) is 2.23. The van der Waals surface area contributed by atoms with E-state index in [1.807, 2.05) is 22.6 Å². The van der Waals surface area contributed by atoms with Crippen molar-refractivity contribution in [3.8, 4) is 0 Å². The van der Waals surface area contributed by atoms with Gasteiger partial charge in [0.2, 0.25) is 0 Å². The number of methoxy groups -OCH3 is 1. The van der Waals surface area contributed by atoms with Crippen molar-refractivity contribution in [2.24, 2.45) is 0 Å². The van der Waals surface area contributed by atoms with Gasteiger partial charge in [-0.2, -0.15) is 0 Å². The normalized spacial score (nSPS) is 18.4. The summed E-state index contributed by atoms with van der Waals surface area (Å²) in [6.45, 7) is 1.57. The Hall–Kier alpha value is -1.64. The number of hydrogen-bond acceptors (Lipinski definition) is 3. The molecule has 0 spiro atoms. The number of urea groups is 1. The zero-order valence-electron chi connectivity index (χ0n) is 10.8. The van der Waals surface area contributed by atoms with Gasteiger partial charge in [0.25, 0.3) is 0 Å². The van der Waals surface area contributed by atoms with Crippen molar-refractivity contribution in [1.82, 2.24) is 10.6 Å². The Balaban J connectivity index is 2.56. The van der Waals surface area contributed by atoms with E-state index in [1.54, 1.807) is 19.1 Å². The Morgan fingerprint density at radius 3 is 2.80 bits per heavy atom. The lowest BCUT2D eigenvalue weighted by atomic mass is 9.95. The molecular formula is C13H12FIN2O3. The summed E-state index contributed by atoms with van der Waals surface area (Å²) < 4.78 is 19.5. The molecule has 0 aromatic heterocycles. The molecule has 1 aliphatic heterocycles. The molecule has 0 saturated carbocycles. The minimum atomic E-state index is -0.870. The molecule has 1 aliphatic rings. The van der Waals surface area contributed by atoms with Gasteiger partial charge in [-0.1, -0.05) is 0 Å². The molecule has 106 valence electrons. The number of benzene rings is 1. The summed E-state index contributed by atoms with van der Waals surface area (Å²) in [6, 6.07) is 3.14. The summed E-state index contributed by atoms with van der Waals surface area (Å²) in [7, 11) is 1.24. The lowest BCUT2D eigenvalue weighted by molar-refractivity contribution is -0.136. The summed E-state index contributed by atoms with van der Waals surface area (Å²) in [5.41, 5.74) is 0.767. The topological polar surface area (TPSA) is 67.4 Å². The Bertz CT molecular complexity index is 616. The van der Waals surface area contributed by atoms with Crippen molar-refractivity contribution >= 4 is 34.6 Å². The second kappa shape index (κ2) is 5.78. The van der Waals surface area contributed by atoms with Crippen molar-refractivity contribution in [1.29, 1.82) is 0 Å². The number of rotatable bonds is 2. The Labute approximate surface area is 128 Å². The monoisotopic (exact) mass is 390 g/mol.